The number of nitrogens with one attached hydrogen (secondary N) is 1. The summed E-state index contributed by atoms with van der Waals surface area (Å²) in [5.74, 6) is -1.52. The zero-order valence-electron chi connectivity index (χ0n) is 11.0. The van der Waals surface area contributed by atoms with Gasteiger partial charge >= 0.3 is 5.97 Å². The Bertz CT molecular complexity index is 775. The number of carbonyl (C=O) groups excluding carboxylic acids is 1. The predicted octanol–water partition coefficient (Wildman–Crippen LogP) is 0.581. The highest BCUT2D eigenvalue weighted by Gasteiger charge is 2.45. The predicted molar refractivity (Wildman–Crippen MR) is 76.2 cm³/mol. The minimum Gasteiger partial charge on any atom is -0.480 e. The van der Waals surface area contributed by atoms with E-state index in [1.807, 2.05) is 0 Å². The number of aliphatic carboxylic acids is 1. The lowest BCUT2D eigenvalue weighted by molar-refractivity contribution is -0.151. The number of thiophene rings is 1. The van der Waals surface area contributed by atoms with E-state index in [4.69, 9.17) is 0 Å². The van der Waals surface area contributed by atoms with Crippen LogP contribution in [0.2, 0.25) is 0 Å². The second kappa shape index (κ2) is 4.96. The van der Waals surface area contributed by atoms with Crippen molar-refractivity contribution in [3.8, 4) is 0 Å². The molecule has 3 rings (SSSR count). The molecule has 0 atom stereocenters. The standard InChI is InChI=1S/C13H13N3O4S/c17-9(15-13(12(19)20)3-1-4-13)6-16-7-14-10-8(11(16)18)2-5-21-10/h2,5,7H,1,3-4,6H2,(H,15,17)(H,19,20). The van der Waals surface area contributed by atoms with E-state index in [-0.39, 0.29) is 12.1 Å². The molecular formula is C13H13N3O4S. The van der Waals surface area contributed by atoms with E-state index in [9.17, 15) is 19.5 Å². The lowest BCUT2D eigenvalue weighted by atomic mass is 9.77. The smallest absolute Gasteiger partial charge is 0.329 e. The molecule has 8 heteroatoms. The van der Waals surface area contributed by atoms with E-state index in [2.05, 4.69) is 10.3 Å². The third kappa shape index (κ3) is 2.31. The van der Waals surface area contributed by atoms with Crippen LogP contribution in [-0.4, -0.2) is 32.1 Å². The first-order chi connectivity index (χ1) is 10.0. The first-order valence-corrected chi connectivity index (χ1v) is 7.37. The van der Waals surface area contributed by atoms with Gasteiger partial charge in [0, 0.05) is 0 Å². The maximum atomic E-state index is 12.1. The van der Waals surface area contributed by atoms with Crippen molar-refractivity contribution in [1.82, 2.24) is 14.9 Å². The first-order valence-electron chi connectivity index (χ1n) is 6.49. The van der Waals surface area contributed by atoms with Crippen molar-refractivity contribution in [3.63, 3.8) is 0 Å². The van der Waals surface area contributed by atoms with Crippen LogP contribution in [0.5, 0.6) is 0 Å². The minimum absolute atomic E-state index is 0.230. The lowest BCUT2D eigenvalue weighted by Crippen LogP contribution is -2.59. The van der Waals surface area contributed by atoms with E-state index >= 15 is 0 Å². The van der Waals surface area contributed by atoms with Crippen LogP contribution in [0.4, 0.5) is 0 Å². The van der Waals surface area contributed by atoms with Crippen LogP contribution < -0.4 is 10.9 Å². The SMILES string of the molecule is O=C(Cn1cnc2sccc2c1=O)NC1(C(=O)O)CCC1. The Hall–Kier alpha value is -2.22. The Kier molecular flexibility index (Phi) is 3.25. The van der Waals surface area contributed by atoms with Gasteiger partial charge in [-0.15, -0.1) is 11.3 Å². The maximum absolute atomic E-state index is 12.1. The highest BCUT2D eigenvalue weighted by Crippen LogP contribution is 2.31. The summed E-state index contributed by atoms with van der Waals surface area (Å²) in [5.41, 5.74) is -1.46. The van der Waals surface area contributed by atoms with Crippen LogP contribution in [0, 0.1) is 0 Å². The lowest BCUT2D eigenvalue weighted by Gasteiger charge is -2.38. The van der Waals surface area contributed by atoms with Crippen LogP contribution in [0.3, 0.4) is 0 Å². The van der Waals surface area contributed by atoms with Gasteiger partial charge in [-0.25, -0.2) is 9.78 Å². The van der Waals surface area contributed by atoms with Gasteiger partial charge in [-0.05, 0) is 30.7 Å². The Morgan fingerprint density at radius 1 is 1.48 bits per heavy atom. The second-order valence-corrected chi connectivity index (χ2v) is 6.00. The van der Waals surface area contributed by atoms with Crippen molar-refractivity contribution in [2.75, 3.05) is 0 Å². The number of hydrogen-bond acceptors (Lipinski definition) is 5. The van der Waals surface area contributed by atoms with Gasteiger partial charge in [-0.3, -0.25) is 14.2 Å². The number of carboxylic acids is 1. The van der Waals surface area contributed by atoms with Crippen molar-refractivity contribution in [2.24, 2.45) is 0 Å². The number of carboxylic acid groups (broad SMARTS) is 1. The summed E-state index contributed by atoms with van der Waals surface area (Å²) in [4.78, 5) is 40.1. The first kappa shape index (κ1) is 13.7. The molecule has 0 radical (unpaired) electrons. The molecule has 1 aliphatic carbocycles. The van der Waals surface area contributed by atoms with Crippen LogP contribution in [0.15, 0.2) is 22.6 Å². The number of nitrogens with zero attached hydrogens (tertiary/aromatic N) is 2. The van der Waals surface area contributed by atoms with Gasteiger partial charge in [-0.1, -0.05) is 0 Å². The Balaban J connectivity index is 1.79. The van der Waals surface area contributed by atoms with Crippen LogP contribution >= 0.6 is 11.3 Å². The maximum Gasteiger partial charge on any atom is 0.329 e. The fourth-order valence-electron chi connectivity index (χ4n) is 2.39. The molecule has 2 aromatic heterocycles. The number of fused-ring (bicyclic) bond motifs is 1. The molecule has 2 aromatic rings. The molecule has 1 amide bonds. The molecular weight excluding hydrogens is 294 g/mol. The average Bonchev–Trinajstić information content (AvgIpc) is 2.86. The third-order valence-corrected chi connectivity index (χ3v) is 4.58. The quantitative estimate of drug-likeness (QED) is 0.860. The summed E-state index contributed by atoms with van der Waals surface area (Å²) in [6.07, 6.45) is 2.93. The summed E-state index contributed by atoms with van der Waals surface area (Å²) in [7, 11) is 0. The Morgan fingerprint density at radius 3 is 2.86 bits per heavy atom. The van der Waals surface area contributed by atoms with Crippen LogP contribution in [-0.2, 0) is 16.1 Å². The number of rotatable bonds is 4. The molecule has 1 aliphatic rings. The van der Waals surface area contributed by atoms with E-state index in [1.54, 1.807) is 11.4 Å². The third-order valence-electron chi connectivity index (χ3n) is 3.76. The molecule has 110 valence electrons. The van der Waals surface area contributed by atoms with Gasteiger partial charge in [0.2, 0.25) is 5.91 Å². The van der Waals surface area contributed by atoms with Crippen molar-refractivity contribution in [2.45, 2.75) is 31.3 Å². The molecule has 0 bridgehead atoms. The van der Waals surface area contributed by atoms with Gasteiger partial charge in [-0.2, -0.15) is 0 Å². The number of aromatic nitrogens is 2. The molecule has 1 saturated carbocycles. The largest absolute Gasteiger partial charge is 0.480 e. The summed E-state index contributed by atoms with van der Waals surface area (Å²) in [6.45, 7) is -0.230. The van der Waals surface area contributed by atoms with Crippen molar-refractivity contribution < 1.29 is 14.7 Å². The second-order valence-electron chi connectivity index (χ2n) is 5.11. The Morgan fingerprint density at radius 2 is 2.24 bits per heavy atom. The van der Waals surface area contributed by atoms with Gasteiger partial charge < -0.3 is 10.4 Å². The summed E-state index contributed by atoms with van der Waals surface area (Å²) in [6, 6.07) is 1.66. The van der Waals surface area contributed by atoms with E-state index in [1.165, 1.54) is 22.2 Å². The Labute approximate surface area is 123 Å². The molecule has 2 heterocycles. The highest BCUT2D eigenvalue weighted by molar-refractivity contribution is 7.16. The van der Waals surface area contributed by atoms with E-state index in [0.29, 0.717) is 23.1 Å². The molecule has 7 nitrogen and oxygen atoms in total. The number of hydrogen-bond donors (Lipinski definition) is 2. The summed E-state index contributed by atoms with van der Waals surface area (Å²) < 4.78 is 1.19. The van der Waals surface area contributed by atoms with E-state index in [0.717, 1.165) is 6.42 Å². The topological polar surface area (TPSA) is 101 Å². The van der Waals surface area contributed by atoms with Crippen molar-refractivity contribution in [3.05, 3.63) is 28.1 Å². The normalized spacial score (nSPS) is 16.4. The van der Waals surface area contributed by atoms with Gasteiger partial charge in [0.1, 0.15) is 16.9 Å². The number of amides is 1. The summed E-state index contributed by atoms with van der Waals surface area (Å²) in [5, 5.41) is 13.9. The molecule has 2 N–H and O–H groups in total. The molecule has 0 aliphatic heterocycles. The summed E-state index contributed by atoms with van der Waals surface area (Å²) >= 11 is 1.35. The highest BCUT2D eigenvalue weighted by atomic mass is 32.1. The van der Waals surface area contributed by atoms with Gasteiger partial charge in [0.05, 0.1) is 11.7 Å². The molecule has 1 fully saturated rings. The van der Waals surface area contributed by atoms with Gasteiger partial charge in [0.25, 0.3) is 5.56 Å². The minimum atomic E-state index is -1.17. The zero-order valence-corrected chi connectivity index (χ0v) is 11.9. The van der Waals surface area contributed by atoms with Crippen molar-refractivity contribution in [1.29, 1.82) is 0 Å². The van der Waals surface area contributed by atoms with Crippen molar-refractivity contribution >= 4 is 33.4 Å². The molecule has 21 heavy (non-hydrogen) atoms. The molecule has 0 saturated heterocycles. The van der Waals surface area contributed by atoms with Crippen LogP contribution in [0.1, 0.15) is 19.3 Å². The molecule has 0 unspecified atom stereocenters. The number of carbonyl (C=O) groups is 2. The average molecular weight is 307 g/mol. The fourth-order valence-corrected chi connectivity index (χ4v) is 3.11. The monoisotopic (exact) mass is 307 g/mol. The molecule has 0 aromatic carbocycles. The molecule has 0 spiro atoms. The zero-order chi connectivity index (χ0) is 15.0. The fraction of sp³-hybridized carbons (Fsp3) is 0.385. The van der Waals surface area contributed by atoms with E-state index < -0.39 is 17.4 Å². The van der Waals surface area contributed by atoms with Crippen LogP contribution in [0.25, 0.3) is 10.2 Å². The van der Waals surface area contributed by atoms with Gasteiger partial charge in [0.15, 0.2) is 0 Å².